The van der Waals surface area contributed by atoms with Gasteiger partial charge >= 0.3 is 5.97 Å². The van der Waals surface area contributed by atoms with Crippen molar-refractivity contribution < 1.29 is 18.3 Å². The molecule has 0 fully saturated rings. The molecule has 0 spiro atoms. The van der Waals surface area contributed by atoms with E-state index in [0.717, 1.165) is 15.6 Å². The van der Waals surface area contributed by atoms with Gasteiger partial charge in [0.25, 0.3) is 0 Å². The summed E-state index contributed by atoms with van der Waals surface area (Å²) in [5, 5.41) is 8.79. The second-order valence-corrected chi connectivity index (χ2v) is 8.22. The van der Waals surface area contributed by atoms with Gasteiger partial charge in [0.1, 0.15) is 15.3 Å². The first-order valence-corrected chi connectivity index (χ1v) is 7.76. The van der Waals surface area contributed by atoms with Gasteiger partial charge in [-0.3, -0.25) is 4.79 Å². The van der Waals surface area contributed by atoms with Crippen LogP contribution in [0.4, 0.5) is 0 Å². The molecule has 1 heterocycles. The van der Waals surface area contributed by atoms with E-state index in [1.54, 1.807) is 0 Å². The molecule has 1 N–H and O–H groups in total. The summed E-state index contributed by atoms with van der Waals surface area (Å²) in [6.07, 6.45) is 0. The Labute approximate surface area is 116 Å². The van der Waals surface area contributed by atoms with E-state index in [1.165, 1.54) is 20.0 Å². The van der Waals surface area contributed by atoms with Crippen LogP contribution in [0, 0.1) is 0 Å². The molecular weight excluding hydrogens is 354 g/mol. The maximum Gasteiger partial charge on any atom is 0.321 e. The van der Waals surface area contributed by atoms with Crippen LogP contribution in [-0.2, 0) is 14.8 Å². The molecule has 0 saturated heterocycles. The Morgan fingerprint density at radius 3 is 2.53 bits per heavy atom. The van der Waals surface area contributed by atoms with Gasteiger partial charge in [-0.05, 0) is 28.9 Å². The van der Waals surface area contributed by atoms with E-state index in [2.05, 4.69) is 15.9 Å². The fourth-order valence-electron chi connectivity index (χ4n) is 1.02. The van der Waals surface area contributed by atoms with E-state index in [9.17, 15) is 13.2 Å². The Morgan fingerprint density at radius 2 is 2.18 bits per heavy atom. The Hall–Kier alpha value is -0.150. The van der Waals surface area contributed by atoms with Crippen molar-refractivity contribution in [3.05, 3.63) is 14.2 Å². The van der Waals surface area contributed by atoms with E-state index in [1.807, 2.05) is 0 Å². The number of nitrogens with zero attached hydrogens (tertiary/aromatic N) is 1. The van der Waals surface area contributed by atoms with Crippen LogP contribution in [0.25, 0.3) is 0 Å². The Bertz CT molecular complexity index is 542. The maximum absolute atomic E-state index is 12.1. The maximum atomic E-state index is 12.1. The molecule has 1 aromatic rings. The van der Waals surface area contributed by atoms with E-state index in [0.29, 0.717) is 3.79 Å². The van der Waals surface area contributed by atoms with Crippen LogP contribution < -0.4 is 0 Å². The molecule has 9 heteroatoms. The number of carbonyl (C=O) groups is 1. The lowest BCUT2D eigenvalue weighted by molar-refractivity contribution is -0.140. The average Bonchev–Trinajstić information content (AvgIpc) is 2.56. The SMILES string of the molecule is CC(C(=O)O)N(C)S(=O)(=O)c1cc(Br)sc1Cl. The summed E-state index contributed by atoms with van der Waals surface area (Å²) in [7, 11) is -2.69. The van der Waals surface area contributed by atoms with E-state index >= 15 is 0 Å². The van der Waals surface area contributed by atoms with Crippen molar-refractivity contribution in [1.29, 1.82) is 0 Å². The van der Waals surface area contributed by atoms with Crippen LogP contribution >= 0.6 is 38.9 Å². The third kappa shape index (κ3) is 3.00. The van der Waals surface area contributed by atoms with Crippen molar-refractivity contribution in [3.63, 3.8) is 0 Å². The van der Waals surface area contributed by atoms with E-state index in [4.69, 9.17) is 16.7 Å². The summed E-state index contributed by atoms with van der Waals surface area (Å²) in [5.74, 6) is -1.22. The number of carboxylic acids is 1. The number of likely N-dealkylation sites (N-methyl/N-ethyl adjacent to an activating group) is 1. The van der Waals surface area contributed by atoms with Crippen molar-refractivity contribution in [3.8, 4) is 0 Å². The quantitative estimate of drug-likeness (QED) is 0.891. The summed E-state index contributed by atoms with van der Waals surface area (Å²) >= 11 is 9.98. The van der Waals surface area contributed by atoms with Crippen LogP contribution in [0.3, 0.4) is 0 Å². The van der Waals surface area contributed by atoms with E-state index in [-0.39, 0.29) is 9.23 Å². The summed E-state index contributed by atoms with van der Waals surface area (Å²) in [4.78, 5) is 10.7. The highest BCUT2D eigenvalue weighted by Gasteiger charge is 2.32. The first-order valence-electron chi connectivity index (χ1n) is 4.33. The predicted octanol–water partition coefficient (Wildman–Crippen LogP) is 2.26. The molecule has 0 aliphatic carbocycles. The number of sulfonamides is 1. The number of hydrogen-bond acceptors (Lipinski definition) is 4. The molecule has 0 radical (unpaired) electrons. The molecule has 5 nitrogen and oxygen atoms in total. The first-order chi connectivity index (χ1) is 7.67. The van der Waals surface area contributed by atoms with Gasteiger partial charge < -0.3 is 5.11 Å². The Kier molecular flexibility index (Phi) is 4.59. The van der Waals surface area contributed by atoms with Gasteiger partial charge in [-0.2, -0.15) is 4.31 Å². The molecular formula is C8H9BrClNO4S2. The summed E-state index contributed by atoms with van der Waals surface area (Å²) in [5.41, 5.74) is 0. The lowest BCUT2D eigenvalue weighted by Gasteiger charge is -2.20. The van der Waals surface area contributed by atoms with Crippen molar-refractivity contribution in [2.45, 2.75) is 17.9 Å². The number of aliphatic carboxylic acids is 1. The predicted molar refractivity (Wildman–Crippen MR) is 69.1 cm³/mol. The smallest absolute Gasteiger partial charge is 0.321 e. The Balaban J connectivity index is 3.20. The minimum Gasteiger partial charge on any atom is -0.480 e. The molecule has 96 valence electrons. The third-order valence-corrected chi connectivity index (χ3v) is 6.24. The largest absolute Gasteiger partial charge is 0.480 e. The highest BCUT2D eigenvalue weighted by atomic mass is 79.9. The van der Waals surface area contributed by atoms with E-state index < -0.39 is 22.0 Å². The van der Waals surface area contributed by atoms with Gasteiger partial charge in [-0.25, -0.2) is 8.42 Å². The van der Waals surface area contributed by atoms with Gasteiger partial charge in [-0.15, -0.1) is 11.3 Å². The van der Waals surface area contributed by atoms with Crippen molar-refractivity contribution in [1.82, 2.24) is 4.31 Å². The van der Waals surface area contributed by atoms with Gasteiger partial charge in [-0.1, -0.05) is 11.6 Å². The van der Waals surface area contributed by atoms with Crippen molar-refractivity contribution in [2.75, 3.05) is 7.05 Å². The van der Waals surface area contributed by atoms with Crippen LogP contribution in [0.15, 0.2) is 14.7 Å². The van der Waals surface area contributed by atoms with Crippen LogP contribution in [0.1, 0.15) is 6.92 Å². The minimum absolute atomic E-state index is 0.0911. The monoisotopic (exact) mass is 361 g/mol. The summed E-state index contributed by atoms with van der Waals surface area (Å²) in [6, 6.07) is 0.197. The third-order valence-electron chi connectivity index (χ3n) is 2.19. The minimum atomic E-state index is -3.89. The number of thiophene rings is 1. The molecule has 0 amide bonds. The molecule has 1 unspecified atom stereocenters. The number of rotatable bonds is 4. The molecule has 0 bridgehead atoms. The molecule has 0 saturated carbocycles. The number of halogens is 2. The molecule has 0 aromatic carbocycles. The van der Waals surface area contributed by atoms with Crippen molar-refractivity contribution in [2.24, 2.45) is 0 Å². The fourth-order valence-corrected chi connectivity index (χ4v) is 5.07. The average molecular weight is 363 g/mol. The second kappa shape index (κ2) is 5.23. The fraction of sp³-hybridized carbons (Fsp3) is 0.375. The van der Waals surface area contributed by atoms with Crippen molar-refractivity contribution >= 4 is 54.9 Å². The lowest BCUT2D eigenvalue weighted by atomic mass is 10.4. The first kappa shape index (κ1) is 14.9. The number of carboxylic acid groups (broad SMARTS) is 1. The zero-order valence-corrected chi connectivity index (χ0v) is 12.8. The Morgan fingerprint density at radius 1 is 1.65 bits per heavy atom. The highest BCUT2D eigenvalue weighted by Crippen LogP contribution is 2.36. The lowest BCUT2D eigenvalue weighted by Crippen LogP contribution is -2.40. The van der Waals surface area contributed by atoms with Crippen LogP contribution in [0.2, 0.25) is 4.34 Å². The van der Waals surface area contributed by atoms with Crippen LogP contribution in [-0.4, -0.2) is 36.9 Å². The zero-order chi connectivity index (χ0) is 13.4. The van der Waals surface area contributed by atoms with Gasteiger partial charge in [0.2, 0.25) is 10.0 Å². The van der Waals surface area contributed by atoms with Crippen LogP contribution in [0.5, 0.6) is 0 Å². The molecule has 0 aliphatic rings. The normalized spacial score (nSPS) is 13.9. The number of hydrogen-bond donors (Lipinski definition) is 1. The summed E-state index contributed by atoms with van der Waals surface area (Å²) < 4.78 is 25.6. The zero-order valence-electron chi connectivity index (χ0n) is 8.85. The highest BCUT2D eigenvalue weighted by molar-refractivity contribution is 9.11. The topological polar surface area (TPSA) is 74.7 Å². The standard InChI is InChI=1S/C8H9BrClNO4S2/c1-4(8(12)13)11(2)17(14,15)5-3-6(9)16-7(5)10/h3-4H,1-2H3,(H,12,13). The molecule has 0 aliphatic heterocycles. The van der Waals surface area contributed by atoms with Gasteiger partial charge in [0.15, 0.2) is 0 Å². The van der Waals surface area contributed by atoms with Gasteiger partial charge in [0.05, 0.1) is 3.79 Å². The molecule has 17 heavy (non-hydrogen) atoms. The molecule has 1 atom stereocenters. The summed E-state index contributed by atoms with van der Waals surface area (Å²) in [6.45, 7) is 1.29. The molecule has 1 rings (SSSR count). The second-order valence-electron chi connectivity index (χ2n) is 3.22. The molecule has 1 aromatic heterocycles. The van der Waals surface area contributed by atoms with Gasteiger partial charge in [0, 0.05) is 7.05 Å².